The van der Waals surface area contributed by atoms with Gasteiger partial charge in [0, 0.05) is 0 Å². The molecule has 0 bridgehead atoms. The quantitative estimate of drug-likeness (QED) is 0.209. The molecule has 0 saturated carbocycles. The normalized spacial score (nSPS) is 13.0. The minimum Gasteiger partial charge on any atom is -0.494 e. The Kier molecular flexibility index (Phi) is 13.7. The maximum absolute atomic E-state index is 6.09. The molecule has 0 aliphatic heterocycles. The van der Waals surface area contributed by atoms with Gasteiger partial charge in [0.25, 0.3) is 0 Å². The molecule has 0 aromatic heterocycles. The fraction of sp³-hybridized carbons (Fsp3) is 0.613. The van der Waals surface area contributed by atoms with Gasteiger partial charge < -0.3 is 9.47 Å². The van der Waals surface area contributed by atoms with Gasteiger partial charge in [0.2, 0.25) is 0 Å². The van der Waals surface area contributed by atoms with Crippen molar-refractivity contribution in [3.05, 3.63) is 48.5 Å². The van der Waals surface area contributed by atoms with Crippen LogP contribution < -0.4 is 9.47 Å². The summed E-state index contributed by atoms with van der Waals surface area (Å²) in [6.45, 7) is 9.89. The first-order valence-corrected chi connectivity index (χ1v) is 13.6. The lowest BCUT2D eigenvalue weighted by Crippen LogP contribution is -2.11. The van der Waals surface area contributed by atoms with Gasteiger partial charge >= 0.3 is 0 Å². The molecule has 2 aromatic rings. The molecule has 33 heavy (non-hydrogen) atoms. The second-order valence-corrected chi connectivity index (χ2v) is 9.74. The molecule has 2 atom stereocenters. The molecule has 0 unspecified atom stereocenters. The van der Waals surface area contributed by atoms with Crippen LogP contribution in [0, 0.1) is 5.92 Å². The zero-order valence-corrected chi connectivity index (χ0v) is 21.8. The molecule has 0 saturated heterocycles. The predicted molar refractivity (Wildman–Crippen MR) is 143 cm³/mol. The summed E-state index contributed by atoms with van der Waals surface area (Å²) < 4.78 is 12.0. The summed E-state index contributed by atoms with van der Waals surface area (Å²) in [5, 5.41) is 0. The maximum Gasteiger partial charge on any atom is 0.119 e. The molecule has 2 aromatic carbocycles. The van der Waals surface area contributed by atoms with Gasteiger partial charge in [-0.3, -0.25) is 0 Å². The zero-order valence-electron chi connectivity index (χ0n) is 21.8. The van der Waals surface area contributed by atoms with Crippen LogP contribution >= 0.6 is 0 Å². The van der Waals surface area contributed by atoms with Crippen molar-refractivity contribution < 1.29 is 9.47 Å². The second-order valence-electron chi connectivity index (χ2n) is 9.74. The number of rotatable bonds is 18. The first kappa shape index (κ1) is 27.3. The summed E-state index contributed by atoms with van der Waals surface area (Å²) in [6, 6.07) is 16.9. The summed E-state index contributed by atoms with van der Waals surface area (Å²) in [4.78, 5) is 0. The summed E-state index contributed by atoms with van der Waals surface area (Å²) in [5.74, 6) is 2.81. The zero-order chi connectivity index (χ0) is 23.7. The minimum absolute atomic E-state index is 0.272. The largest absolute Gasteiger partial charge is 0.494 e. The van der Waals surface area contributed by atoms with Gasteiger partial charge in [0.05, 0.1) is 12.7 Å². The van der Waals surface area contributed by atoms with E-state index in [1.54, 1.807) is 0 Å². The highest BCUT2D eigenvalue weighted by molar-refractivity contribution is 5.64. The van der Waals surface area contributed by atoms with Crippen LogP contribution in [-0.4, -0.2) is 12.7 Å². The van der Waals surface area contributed by atoms with E-state index in [1.165, 1.54) is 75.3 Å². The molecule has 0 amide bonds. The first-order valence-electron chi connectivity index (χ1n) is 13.6. The van der Waals surface area contributed by atoms with Gasteiger partial charge in [-0.25, -0.2) is 0 Å². The van der Waals surface area contributed by atoms with E-state index in [1.807, 2.05) is 0 Å². The molecule has 0 spiro atoms. The maximum atomic E-state index is 6.09. The SMILES string of the molecule is CCCCCC[C@@H](C)Oc1ccc(-c2ccc(OCCCCCCC[C@@H](C)CC)cc2)cc1. The van der Waals surface area contributed by atoms with Crippen LogP contribution in [0.15, 0.2) is 48.5 Å². The van der Waals surface area contributed by atoms with Crippen molar-refractivity contribution in [2.45, 2.75) is 111 Å². The van der Waals surface area contributed by atoms with Gasteiger partial charge in [0.15, 0.2) is 0 Å². The third-order valence-electron chi connectivity index (χ3n) is 6.65. The van der Waals surface area contributed by atoms with E-state index in [4.69, 9.17) is 9.47 Å². The van der Waals surface area contributed by atoms with Gasteiger partial charge in [-0.05, 0) is 67.5 Å². The fourth-order valence-electron chi connectivity index (χ4n) is 4.14. The predicted octanol–water partition coefficient (Wildman–Crippen LogP) is 9.86. The van der Waals surface area contributed by atoms with E-state index in [-0.39, 0.29) is 6.10 Å². The molecule has 0 heterocycles. The Morgan fingerprint density at radius 2 is 1.15 bits per heavy atom. The fourth-order valence-corrected chi connectivity index (χ4v) is 4.14. The summed E-state index contributed by atoms with van der Waals surface area (Å²) in [6.07, 6.45) is 15.7. The summed E-state index contributed by atoms with van der Waals surface area (Å²) in [5.41, 5.74) is 2.42. The van der Waals surface area contributed by atoms with Crippen LogP contribution in [0.1, 0.15) is 105 Å². The van der Waals surface area contributed by atoms with Gasteiger partial charge in [-0.1, -0.05) is 103 Å². The molecule has 184 valence electrons. The van der Waals surface area contributed by atoms with E-state index in [0.29, 0.717) is 0 Å². The minimum atomic E-state index is 0.272. The lowest BCUT2D eigenvalue weighted by Gasteiger charge is -2.15. The number of benzene rings is 2. The van der Waals surface area contributed by atoms with Gasteiger partial charge in [0.1, 0.15) is 11.5 Å². The van der Waals surface area contributed by atoms with Crippen LogP contribution in [-0.2, 0) is 0 Å². The average Bonchev–Trinajstić information content (AvgIpc) is 2.84. The highest BCUT2D eigenvalue weighted by atomic mass is 16.5. The smallest absolute Gasteiger partial charge is 0.119 e. The topological polar surface area (TPSA) is 18.5 Å². The van der Waals surface area contributed by atoms with Crippen molar-refractivity contribution in [3.63, 3.8) is 0 Å². The number of ether oxygens (including phenoxy) is 2. The number of hydrogen-bond acceptors (Lipinski definition) is 2. The molecule has 0 fully saturated rings. The Labute approximate surface area is 204 Å². The van der Waals surface area contributed by atoms with Crippen LogP contribution in [0.5, 0.6) is 11.5 Å². The van der Waals surface area contributed by atoms with E-state index in [0.717, 1.165) is 36.9 Å². The summed E-state index contributed by atoms with van der Waals surface area (Å²) in [7, 11) is 0. The van der Waals surface area contributed by atoms with Gasteiger partial charge in [-0.2, -0.15) is 0 Å². The monoisotopic (exact) mass is 452 g/mol. The highest BCUT2D eigenvalue weighted by Gasteiger charge is 2.05. The van der Waals surface area contributed by atoms with Crippen molar-refractivity contribution in [1.29, 1.82) is 0 Å². The van der Waals surface area contributed by atoms with Crippen LogP contribution in [0.25, 0.3) is 11.1 Å². The van der Waals surface area contributed by atoms with Crippen LogP contribution in [0.4, 0.5) is 0 Å². The lowest BCUT2D eigenvalue weighted by molar-refractivity contribution is 0.206. The van der Waals surface area contributed by atoms with E-state index in [2.05, 4.69) is 76.2 Å². The van der Waals surface area contributed by atoms with E-state index < -0.39 is 0 Å². The average molecular weight is 453 g/mol. The number of hydrogen-bond donors (Lipinski definition) is 0. The van der Waals surface area contributed by atoms with Crippen LogP contribution in [0.2, 0.25) is 0 Å². The third kappa shape index (κ3) is 11.6. The molecule has 2 nitrogen and oxygen atoms in total. The number of unbranched alkanes of at least 4 members (excludes halogenated alkanes) is 7. The Hall–Kier alpha value is -1.96. The lowest BCUT2D eigenvalue weighted by atomic mass is 10.0. The molecule has 0 radical (unpaired) electrons. The summed E-state index contributed by atoms with van der Waals surface area (Å²) >= 11 is 0. The van der Waals surface area contributed by atoms with Crippen molar-refractivity contribution in [2.75, 3.05) is 6.61 Å². The van der Waals surface area contributed by atoms with Crippen molar-refractivity contribution in [1.82, 2.24) is 0 Å². The second kappa shape index (κ2) is 16.6. The molecule has 0 aliphatic carbocycles. The Morgan fingerprint density at radius 3 is 1.79 bits per heavy atom. The Morgan fingerprint density at radius 1 is 0.606 bits per heavy atom. The standard InChI is InChI=1S/C31H48O2/c1-5-7-8-13-16-27(4)33-31-23-19-29(20-24-31)28-17-21-30(22-18-28)32-25-14-11-9-10-12-15-26(3)6-2/h17-24,26-27H,5-16,25H2,1-4H3/t26-,27+/m0/s1. The van der Waals surface area contributed by atoms with Crippen molar-refractivity contribution in [3.8, 4) is 22.6 Å². The van der Waals surface area contributed by atoms with E-state index in [9.17, 15) is 0 Å². The van der Waals surface area contributed by atoms with Crippen LogP contribution in [0.3, 0.4) is 0 Å². The van der Waals surface area contributed by atoms with Crippen molar-refractivity contribution in [2.24, 2.45) is 5.92 Å². The molecular weight excluding hydrogens is 404 g/mol. The van der Waals surface area contributed by atoms with Crippen molar-refractivity contribution >= 4 is 0 Å². The van der Waals surface area contributed by atoms with E-state index >= 15 is 0 Å². The molecule has 2 rings (SSSR count). The molecular formula is C31H48O2. The highest BCUT2D eigenvalue weighted by Crippen LogP contribution is 2.25. The molecule has 2 heteroatoms. The third-order valence-corrected chi connectivity index (χ3v) is 6.65. The molecule has 0 N–H and O–H groups in total. The first-order chi connectivity index (χ1) is 16.1. The Balaban J connectivity index is 1.65. The van der Waals surface area contributed by atoms with Gasteiger partial charge in [-0.15, -0.1) is 0 Å². The molecule has 0 aliphatic rings. The Bertz CT molecular complexity index is 720.